The summed E-state index contributed by atoms with van der Waals surface area (Å²) in [6, 6.07) is 11.6. The number of carbonyl (C=O) groups is 2. The molecule has 0 saturated carbocycles. The van der Waals surface area contributed by atoms with Crippen LogP contribution < -0.4 is 14.2 Å². The van der Waals surface area contributed by atoms with E-state index < -0.39 is 18.2 Å². The second-order valence-corrected chi connectivity index (χ2v) is 6.63. The number of aliphatic hydroxyl groups is 1. The summed E-state index contributed by atoms with van der Waals surface area (Å²) in [5.41, 5.74) is 2.55. The molecule has 2 aromatic rings. The molecule has 3 rings (SSSR count). The number of ether oxygens (including phenoxy) is 3. The van der Waals surface area contributed by atoms with Gasteiger partial charge in [0.15, 0.2) is 0 Å². The van der Waals surface area contributed by atoms with Crippen molar-refractivity contribution in [1.29, 1.82) is 0 Å². The highest BCUT2D eigenvalue weighted by Crippen LogP contribution is 2.36. The van der Waals surface area contributed by atoms with E-state index in [1.807, 2.05) is 0 Å². The smallest absolute Gasteiger partial charge is 0.338 e. The monoisotopic (exact) mass is 392 g/mol. The molecule has 0 radical (unpaired) electrons. The van der Waals surface area contributed by atoms with Gasteiger partial charge in [-0.05, 0) is 49.8 Å². The van der Waals surface area contributed by atoms with Crippen LogP contribution in [0.3, 0.4) is 0 Å². The molecule has 1 aliphatic heterocycles. The Morgan fingerprint density at radius 3 is 2.07 bits per heavy atom. The van der Waals surface area contributed by atoms with Gasteiger partial charge in [-0.25, -0.2) is 9.59 Å². The molecule has 148 valence electrons. The fraction of sp³-hybridized carbons (Fsp3) is 0.130. The third-order valence-corrected chi connectivity index (χ3v) is 4.11. The lowest BCUT2D eigenvalue weighted by Crippen LogP contribution is -2.21. The molecular formula is C23H20O6. The molecule has 6 heteroatoms. The van der Waals surface area contributed by atoms with Gasteiger partial charge < -0.3 is 19.3 Å². The molecule has 0 amide bonds. The number of hydrogen-bond acceptors (Lipinski definition) is 6. The van der Waals surface area contributed by atoms with Crippen LogP contribution in [-0.2, 0) is 9.59 Å². The first-order valence-electron chi connectivity index (χ1n) is 8.81. The molecule has 0 aliphatic carbocycles. The molecule has 1 atom stereocenters. The zero-order valence-electron chi connectivity index (χ0n) is 16.1. The first-order chi connectivity index (χ1) is 13.7. The molecule has 1 unspecified atom stereocenters. The molecule has 1 N–H and O–H groups in total. The summed E-state index contributed by atoms with van der Waals surface area (Å²) in [6.45, 7) is 10.2. The van der Waals surface area contributed by atoms with E-state index in [0.717, 1.165) is 5.56 Å². The summed E-state index contributed by atoms with van der Waals surface area (Å²) >= 11 is 0. The topological polar surface area (TPSA) is 82.1 Å². The van der Waals surface area contributed by atoms with E-state index in [0.29, 0.717) is 34.0 Å². The molecule has 0 aromatic heterocycles. The van der Waals surface area contributed by atoms with Crippen molar-refractivity contribution in [3.05, 3.63) is 77.9 Å². The highest BCUT2D eigenvalue weighted by Gasteiger charge is 2.23. The van der Waals surface area contributed by atoms with Gasteiger partial charge in [0.05, 0.1) is 0 Å². The quantitative estimate of drug-likeness (QED) is 0.472. The fourth-order valence-corrected chi connectivity index (χ4v) is 2.55. The summed E-state index contributed by atoms with van der Waals surface area (Å²) in [7, 11) is 0. The molecule has 6 nitrogen and oxygen atoms in total. The van der Waals surface area contributed by atoms with E-state index in [1.165, 1.54) is 6.07 Å². The number of hydrogen-bond donors (Lipinski definition) is 1. The van der Waals surface area contributed by atoms with Gasteiger partial charge in [-0.1, -0.05) is 25.3 Å². The van der Waals surface area contributed by atoms with E-state index in [2.05, 4.69) is 13.2 Å². The van der Waals surface area contributed by atoms with Gasteiger partial charge in [0, 0.05) is 28.3 Å². The SMILES string of the molecule is C=C(C)C(=O)Oc1ccc(C2=Cc3ccc(OC(=O)C(=C)C)cc3OC2O)cc1. The van der Waals surface area contributed by atoms with Crippen LogP contribution in [0.2, 0.25) is 0 Å². The van der Waals surface area contributed by atoms with E-state index >= 15 is 0 Å². The Kier molecular flexibility index (Phi) is 5.66. The van der Waals surface area contributed by atoms with Gasteiger partial charge >= 0.3 is 11.9 Å². The minimum atomic E-state index is -1.21. The van der Waals surface area contributed by atoms with E-state index in [1.54, 1.807) is 56.3 Å². The zero-order chi connectivity index (χ0) is 21.1. The summed E-state index contributed by atoms with van der Waals surface area (Å²) in [5.74, 6) is 0.0164. The Bertz CT molecular complexity index is 1030. The van der Waals surface area contributed by atoms with Gasteiger partial charge in [-0.2, -0.15) is 0 Å². The minimum absolute atomic E-state index is 0.281. The fourth-order valence-electron chi connectivity index (χ4n) is 2.55. The number of benzene rings is 2. The molecule has 0 saturated heterocycles. The third kappa shape index (κ3) is 4.62. The van der Waals surface area contributed by atoms with Crippen molar-refractivity contribution >= 4 is 23.6 Å². The van der Waals surface area contributed by atoms with Gasteiger partial charge in [0.25, 0.3) is 0 Å². The average Bonchev–Trinajstić information content (AvgIpc) is 2.68. The number of fused-ring (bicyclic) bond motifs is 1. The second kappa shape index (κ2) is 8.16. The molecule has 0 fully saturated rings. The average molecular weight is 392 g/mol. The van der Waals surface area contributed by atoms with Crippen LogP contribution in [0.15, 0.2) is 66.8 Å². The van der Waals surface area contributed by atoms with Gasteiger partial charge in [0.1, 0.15) is 17.2 Å². The van der Waals surface area contributed by atoms with Crippen LogP contribution in [0, 0.1) is 0 Å². The Hall–Kier alpha value is -3.64. The first-order valence-corrected chi connectivity index (χ1v) is 8.81. The summed E-state index contributed by atoms with van der Waals surface area (Å²) < 4.78 is 15.9. The largest absolute Gasteiger partial charge is 0.460 e. The van der Waals surface area contributed by atoms with E-state index in [9.17, 15) is 14.7 Å². The maximum atomic E-state index is 11.7. The van der Waals surface area contributed by atoms with E-state index in [-0.39, 0.29) is 5.57 Å². The van der Waals surface area contributed by atoms with Crippen molar-refractivity contribution in [2.24, 2.45) is 0 Å². The normalized spacial score (nSPS) is 14.7. The Balaban J connectivity index is 1.82. The third-order valence-electron chi connectivity index (χ3n) is 4.11. The van der Waals surface area contributed by atoms with Crippen molar-refractivity contribution < 1.29 is 28.9 Å². The summed E-state index contributed by atoms with van der Waals surface area (Å²) in [4.78, 5) is 23.2. The van der Waals surface area contributed by atoms with Gasteiger partial charge in [-0.15, -0.1) is 0 Å². The van der Waals surface area contributed by atoms with Crippen LogP contribution in [0.4, 0.5) is 0 Å². The van der Waals surface area contributed by atoms with Crippen LogP contribution in [0.1, 0.15) is 25.0 Å². The lowest BCUT2D eigenvalue weighted by molar-refractivity contribution is -0.130. The highest BCUT2D eigenvalue weighted by molar-refractivity contribution is 5.90. The number of rotatable bonds is 5. The van der Waals surface area contributed by atoms with E-state index in [4.69, 9.17) is 14.2 Å². The maximum absolute atomic E-state index is 11.7. The van der Waals surface area contributed by atoms with Gasteiger partial charge in [-0.3, -0.25) is 0 Å². The zero-order valence-corrected chi connectivity index (χ0v) is 16.1. The Labute approximate surface area is 168 Å². The lowest BCUT2D eigenvalue weighted by Gasteiger charge is -2.24. The van der Waals surface area contributed by atoms with Crippen LogP contribution in [-0.4, -0.2) is 23.3 Å². The molecule has 1 heterocycles. The molecule has 1 aliphatic rings. The second-order valence-electron chi connectivity index (χ2n) is 6.63. The molecule has 29 heavy (non-hydrogen) atoms. The molecule has 0 spiro atoms. The molecular weight excluding hydrogens is 372 g/mol. The highest BCUT2D eigenvalue weighted by atomic mass is 16.6. The van der Waals surface area contributed by atoms with Crippen LogP contribution in [0.25, 0.3) is 11.6 Å². The van der Waals surface area contributed by atoms with Gasteiger partial charge in [0.2, 0.25) is 6.29 Å². The standard InChI is InChI=1S/C23H20O6/c1-13(2)21(24)27-17-8-5-15(6-9-17)19-11-16-7-10-18(28-22(25)14(3)4)12-20(16)29-23(19)26/h5-12,23,26H,1,3H2,2,4H3. The van der Waals surface area contributed by atoms with Crippen LogP contribution in [0.5, 0.6) is 17.2 Å². The lowest BCUT2D eigenvalue weighted by atomic mass is 9.99. The molecule has 2 aromatic carbocycles. The number of aliphatic hydroxyl groups excluding tert-OH is 1. The molecule has 0 bridgehead atoms. The summed E-state index contributed by atoms with van der Waals surface area (Å²) in [6.07, 6.45) is 0.571. The summed E-state index contributed by atoms with van der Waals surface area (Å²) in [5, 5.41) is 10.4. The van der Waals surface area contributed by atoms with Crippen molar-refractivity contribution in [2.75, 3.05) is 0 Å². The maximum Gasteiger partial charge on any atom is 0.338 e. The number of carbonyl (C=O) groups excluding carboxylic acids is 2. The predicted octanol–water partition coefficient (Wildman–Crippen LogP) is 3.90. The Morgan fingerprint density at radius 2 is 1.48 bits per heavy atom. The van der Waals surface area contributed by atoms with Crippen molar-refractivity contribution in [3.8, 4) is 17.2 Å². The first kappa shape index (κ1) is 20.1. The minimum Gasteiger partial charge on any atom is -0.460 e. The predicted molar refractivity (Wildman–Crippen MR) is 108 cm³/mol. The van der Waals surface area contributed by atoms with Crippen molar-refractivity contribution in [3.63, 3.8) is 0 Å². The van der Waals surface area contributed by atoms with Crippen molar-refractivity contribution in [1.82, 2.24) is 0 Å². The van der Waals surface area contributed by atoms with Crippen molar-refractivity contribution in [2.45, 2.75) is 20.1 Å². The Morgan fingerprint density at radius 1 is 0.931 bits per heavy atom. The van der Waals surface area contributed by atoms with Crippen LogP contribution >= 0.6 is 0 Å². The number of esters is 2.